The van der Waals surface area contributed by atoms with E-state index >= 15 is 0 Å². The Balaban J connectivity index is 2.29. The lowest BCUT2D eigenvalue weighted by Crippen LogP contribution is -1.91. The summed E-state index contributed by atoms with van der Waals surface area (Å²) in [5.74, 6) is 0. The Bertz CT molecular complexity index is 691. The molecule has 0 aliphatic carbocycles. The van der Waals surface area contributed by atoms with Gasteiger partial charge < -0.3 is 4.98 Å². The Morgan fingerprint density at radius 1 is 1.00 bits per heavy atom. The lowest BCUT2D eigenvalue weighted by atomic mass is 9.99. The number of nitrogens with one attached hydrogen (secondary N) is 1. The highest BCUT2D eigenvalue weighted by Gasteiger charge is 2.09. The molecule has 0 bridgehead atoms. The predicted octanol–water partition coefficient (Wildman–Crippen LogP) is 4.97. The first-order valence-corrected chi connectivity index (χ1v) is 6.80. The summed E-state index contributed by atoms with van der Waals surface area (Å²) in [7, 11) is 0. The van der Waals surface area contributed by atoms with Gasteiger partial charge in [-0.2, -0.15) is 0 Å². The first-order valence-electron chi connectivity index (χ1n) is 6.80. The molecule has 0 radical (unpaired) electrons. The molecule has 0 fully saturated rings. The van der Waals surface area contributed by atoms with Crippen LogP contribution in [0.2, 0.25) is 0 Å². The third kappa shape index (κ3) is 1.71. The Morgan fingerprint density at radius 2 is 1.83 bits per heavy atom. The number of aromatic nitrogens is 1. The average Bonchev–Trinajstić information content (AvgIpc) is 2.76. The molecule has 0 amide bonds. The zero-order valence-electron chi connectivity index (χ0n) is 11.1. The Morgan fingerprint density at radius 3 is 2.67 bits per heavy atom. The minimum Gasteiger partial charge on any atom is -0.354 e. The smallest absolute Gasteiger partial charge is 0.0500 e. The van der Waals surface area contributed by atoms with Crippen LogP contribution in [-0.2, 0) is 6.42 Å². The topological polar surface area (TPSA) is 15.8 Å². The van der Waals surface area contributed by atoms with Gasteiger partial charge >= 0.3 is 0 Å². The van der Waals surface area contributed by atoms with Gasteiger partial charge in [0.25, 0.3) is 0 Å². The van der Waals surface area contributed by atoms with Crippen molar-refractivity contribution in [1.82, 2.24) is 4.98 Å². The third-order valence-electron chi connectivity index (χ3n) is 3.80. The number of aryl methyl sites for hydroxylation is 2. The number of fused-ring (bicyclic) bond motifs is 3. The van der Waals surface area contributed by atoms with Crippen molar-refractivity contribution < 1.29 is 0 Å². The minimum absolute atomic E-state index is 1.17. The lowest BCUT2D eigenvalue weighted by Gasteiger charge is -2.06. The SMILES string of the molecule is CCCCc1c(C)ccc2c1[nH]c1ccccc12. The molecule has 18 heavy (non-hydrogen) atoms. The van der Waals surface area contributed by atoms with Crippen molar-refractivity contribution in [2.75, 3.05) is 0 Å². The van der Waals surface area contributed by atoms with Crippen molar-refractivity contribution >= 4 is 21.8 Å². The summed E-state index contributed by atoms with van der Waals surface area (Å²) in [6, 6.07) is 13.1. The number of rotatable bonds is 3. The fourth-order valence-corrected chi connectivity index (χ4v) is 2.76. The monoisotopic (exact) mass is 237 g/mol. The fraction of sp³-hybridized carbons (Fsp3) is 0.294. The highest BCUT2D eigenvalue weighted by atomic mass is 14.7. The average molecular weight is 237 g/mol. The number of unbranched alkanes of at least 4 members (excludes halogenated alkanes) is 1. The number of hydrogen-bond donors (Lipinski definition) is 1. The van der Waals surface area contributed by atoms with E-state index < -0.39 is 0 Å². The summed E-state index contributed by atoms with van der Waals surface area (Å²) in [5.41, 5.74) is 5.48. The predicted molar refractivity (Wildman–Crippen MR) is 79.2 cm³/mol. The van der Waals surface area contributed by atoms with Gasteiger partial charge in [0.05, 0.1) is 0 Å². The molecule has 3 aromatic rings. The molecule has 1 N–H and O–H groups in total. The summed E-state index contributed by atoms with van der Waals surface area (Å²) in [6.07, 6.45) is 3.68. The van der Waals surface area contributed by atoms with Crippen LogP contribution < -0.4 is 0 Å². The summed E-state index contributed by atoms with van der Waals surface area (Å²) in [5, 5.41) is 2.70. The van der Waals surface area contributed by atoms with Gasteiger partial charge in [-0.25, -0.2) is 0 Å². The quantitative estimate of drug-likeness (QED) is 0.661. The van der Waals surface area contributed by atoms with Crippen molar-refractivity contribution in [3.8, 4) is 0 Å². The Kier molecular flexibility index (Phi) is 2.83. The highest BCUT2D eigenvalue weighted by Crippen LogP contribution is 2.30. The maximum Gasteiger partial charge on any atom is 0.0500 e. The van der Waals surface area contributed by atoms with Crippen LogP contribution in [0.3, 0.4) is 0 Å². The Labute approximate surface area is 108 Å². The molecule has 0 spiro atoms. The summed E-state index contributed by atoms with van der Waals surface area (Å²) in [6.45, 7) is 4.47. The second-order valence-electron chi connectivity index (χ2n) is 5.06. The van der Waals surface area contributed by atoms with E-state index in [2.05, 4.69) is 55.2 Å². The second kappa shape index (κ2) is 4.49. The van der Waals surface area contributed by atoms with Gasteiger partial charge in [-0.15, -0.1) is 0 Å². The van der Waals surface area contributed by atoms with Crippen LogP contribution in [0.4, 0.5) is 0 Å². The second-order valence-corrected chi connectivity index (χ2v) is 5.06. The van der Waals surface area contributed by atoms with E-state index in [0.29, 0.717) is 0 Å². The van der Waals surface area contributed by atoms with Gasteiger partial charge in [-0.1, -0.05) is 43.7 Å². The molecule has 92 valence electrons. The molecule has 0 saturated heterocycles. The van der Waals surface area contributed by atoms with Crippen molar-refractivity contribution in [3.05, 3.63) is 47.5 Å². The van der Waals surface area contributed by atoms with Crippen LogP contribution in [-0.4, -0.2) is 4.98 Å². The van der Waals surface area contributed by atoms with Crippen LogP contribution in [0.5, 0.6) is 0 Å². The molecular weight excluding hydrogens is 218 g/mol. The Hall–Kier alpha value is -1.76. The molecule has 1 aromatic heterocycles. The van der Waals surface area contributed by atoms with E-state index in [9.17, 15) is 0 Å². The molecular formula is C17H19N. The molecule has 3 rings (SSSR count). The highest BCUT2D eigenvalue weighted by molar-refractivity contribution is 6.08. The largest absolute Gasteiger partial charge is 0.354 e. The zero-order chi connectivity index (χ0) is 12.5. The van der Waals surface area contributed by atoms with Gasteiger partial charge in [0.1, 0.15) is 0 Å². The molecule has 0 aliphatic rings. The maximum absolute atomic E-state index is 3.60. The van der Waals surface area contributed by atoms with Gasteiger partial charge in [-0.05, 0) is 37.0 Å². The third-order valence-corrected chi connectivity index (χ3v) is 3.80. The molecule has 0 saturated carbocycles. The summed E-state index contributed by atoms with van der Waals surface area (Å²) < 4.78 is 0. The molecule has 0 aliphatic heterocycles. The van der Waals surface area contributed by atoms with Gasteiger partial charge in [0.15, 0.2) is 0 Å². The van der Waals surface area contributed by atoms with Gasteiger partial charge in [0, 0.05) is 21.8 Å². The van der Waals surface area contributed by atoms with E-state index in [1.807, 2.05) is 0 Å². The number of H-pyrrole nitrogens is 1. The first kappa shape index (κ1) is 11.3. The molecule has 0 atom stereocenters. The van der Waals surface area contributed by atoms with Crippen molar-refractivity contribution in [3.63, 3.8) is 0 Å². The molecule has 1 nitrogen and oxygen atoms in total. The van der Waals surface area contributed by atoms with Crippen LogP contribution >= 0.6 is 0 Å². The first-order chi connectivity index (χ1) is 8.81. The molecule has 0 unspecified atom stereocenters. The van der Waals surface area contributed by atoms with Gasteiger partial charge in [-0.3, -0.25) is 0 Å². The normalized spacial score (nSPS) is 11.4. The summed E-state index contributed by atoms with van der Waals surface area (Å²) >= 11 is 0. The number of benzene rings is 2. The number of hydrogen-bond acceptors (Lipinski definition) is 0. The number of para-hydroxylation sites is 1. The number of aromatic amines is 1. The lowest BCUT2D eigenvalue weighted by molar-refractivity contribution is 0.794. The molecule has 1 heteroatoms. The van der Waals surface area contributed by atoms with E-state index in [0.717, 1.165) is 0 Å². The fourth-order valence-electron chi connectivity index (χ4n) is 2.76. The van der Waals surface area contributed by atoms with E-state index in [-0.39, 0.29) is 0 Å². The van der Waals surface area contributed by atoms with Gasteiger partial charge in [0.2, 0.25) is 0 Å². The van der Waals surface area contributed by atoms with E-state index in [1.54, 1.807) is 0 Å². The zero-order valence-corrected chi connectivity index (χ0v) is 11.1. The van der Waals surface area contributed by atoms with E-state index in [4.69, 9.17) is 0 Å². The van der Waals surface area contributed by atoms with Crippen LogP contribution in [0, 0.1) is 6.92 Å². The molecule has 2 aromatic carbocycles. The summed E-state index contributed by atoms with van der Waals surface area (Å²) in [4.78, 5) is 3.60. The van der Waals surface area contributed by atoms with Crippen molar-refractivity contribution in [2.45, 2.75) is 33.1 Å². The van der Waals surface area contributed by atoms with Crippen LogP contribution in [0.25, 0.3) is 21.8 Å². The van der Waals surface area contributed by atoms with Crippen LogP contribution in [0.1, 0.15) is 30.9 Å². The van der Waals surface area contributed by atoms with Crippen molar-refractivity contribution in [1.29, 1.82) is 0 Å². The van der Waals surface area contributed by atoms with Crippen molar-refractivity contribution in [2.24, 2.45) is 0 Å². The maximum atomic E-state index is 3.60. The van der Waals surface area contributed by atoms with E-state index in [1.165, 1.54) is 52.2 Å². The minimum atomic E-state index is 1.17. The van der Waals surface area contributed by atoms with Crippen LogP contribution in [0.15, 0.2) is 36.4 Å². The standard InChI is InChI=1S/C17H19N/c1-3-4-7-13-12(2)10-11-15-14-8-5-6-9-16(14)18-17(13)15/h5-6,8-11,18H,3-4,7H2,1-2H3. The molecule has 1 heterocycles.